The number of hydrogen-bond acceptors (Lipinski definition) is 9. The van der Waals surface area contributed by atoms with Crippen LogP contribution in [-0.4, -0.2) is 70.6 Å². The first kappa shape index (κ1) is 38.1. The van der Waals surface area contributed by atoms with Gasteiger partial charge in [0.15, 0.2) is 0 Å². The molecular formula is C39H49N3O8S. The number of hydrogen-bond donors (Lipinski definition) is 5. The van der Waals surface area contributed by atoms with Crippen LogP contribution in [0.2, 0.25) is 0 Å². The number of aliphatic hydroxyl groups is 1. The fraction of sp³-hybridized carbons (Fsp3) is 0.487. The lowest BCUT2D eigenvalue weighted by Crippen LogP contribution is -2.47. The van der Waals surface area contributed by atoms with Crippen LogP contribution in [0.3, 0.4) is 0 Å². The second-order valence-corrected chi connectivity index (χ2v) is 14.7. The van der Waals surface area contributed by atoms with Gasteiger partial charge in [-0.1, -0.05) is 55.5 Å². The van der Waals surface area contributed by atoms with Gasteiger partial charge < -0.3 is 35.6 Å². The number of carbonyl (C=O) groups is 4. The average Bonchev–Trinajstić information content (AvgIpc) is 3.91. The smallest absolute Gasteiger partial charge is 0.332 e. The molecule has 3 amide bonds. The lowest BCUT2D eigenvalue weighted by molar-refractivity contribution is -0.158. The minimum absolute atomic E-state index is 0.00352. The maximum absolute atomic E-state index is 13.6. The van der Waals surface area contributed by atoms with E-state index in [2.05, 4.69) is 16.0 Å². The molecule has 5 rings (SSSR count). The number of fused-ring (bicyclic) bond motifs is 4. The highest BCUT2D eigenvalue weighted by Gasteiger charge is 2.54. The van der Waals surface area contributed by atoms with Gasteiger partial charge in [-0.15, -0.1) is 11.8 Å². The third-order valence-corrected chi connectivity index (χ3v) is 11.0. The number of phenols is 1. The summed E-state index contributed by atoms with van der Waals surface area (Å²) in [6.07, 6.45) is 18.1. The van der Waals surface area contributed by atoms with E-state index in [-0.39, 0.29) is 41.3 Å². The second-order valence-electron chi connectivity index (χ2n) is 13.7. The zero-order valence-corrected chi connectivity index (χ0v) is 30.4. The largest absolute Gasteiger partial charge is 0.505 e. The molecule has 2 aliphatic carbocycles. The summed E-state index contributed by atoms with van der Waals surface area (Å²) in [7, 11) is 1.51. The van der Waals surface area contributed by atoms with Gasteiger partial charge in [0.1, 0.15) is 17.4 Å². The van der Waals surface area contributed by atoms with Crippen LogP contribution in [0.15, 0.2) is 70.7 Å². The number of rotatable bonds is 5. The van der Waals surface area contributed by atoms with Crippen LogP contribution in [0.5, 0.6) is 5.75 Å². The van der Waals surface area contributed by atoms with Crippen LogP contribution in [0.4, 0.5) is 11.4 Å². The molecule has 274 valence electrons. The number of thioether (sulfide) groups is 1. The van der Waals surface area contributed by atoms with Gasteiger partial charge in [-0.3, -0.25) is 14.4 Å². The number of aromatic hydroxyl groups is 1. The zero-order chi connectivity index (χ0) is 36.5. The molecule has 12 heteroatoms. The molecule has 1 aromatic carbocycles. The van der Waals surface area contributed by atoms with Gasteiger partial charge in [-0.25, -0.2) is 4.79 Å². The third kappa shape index (κ3) is 9.81. The standard InChI is InChI=1S/C39H49N3O8S/c1-24-13-12-16-27-21-29-36(51-23-32(44)40-29)33(35(27)46)41-31(43)22-28(49-3)17-10-5-4-6-11-18-30(25(2)34(24)45)50-38(48)39(19-20-39)42-37(47)26-14-8-7-9-15-26/h4-6,10-11,13-14,17,21,25,28,30,34,45-46H,7-9,12,15-16,18-20,22-23H2,1-3H3,(H,40,44)(H,41,43)(H,42,47)/b5-4+,11-6+,17-10+,24-13-/t25-,28-,30-,34-/m0/s1. The monoisotopic (exact) mass is 719 g/mol. The van der Waals surface area contributed by atoms with E-state index in [0.29, 0.717) is 60.2 Å². The number of allylic oxidation sites excluding steroid dienone is 6. The molecule has 51 heavy (non-hydrogen) atoms. The Hall–Kier alpha value is -4.13. The summed E-state index contributed by atoms with van der Waals surface area (Å²) < 4.78 is 11.6. The molecule has 5 N–H and O–H groups in total. The molecule has 0 unspecified atom stereocenters. The number of carbonyl (C=O) groups excluding carboxylic acids is 4. The van der Waals surface area contributed by atoms with Crippen molar-refractivity contribution in [2.75, 3.05) is 23.5 Å². The van der Waals surface area contributed by atoms with Crippen molar-refractivity contribution in [3.05, 3.63) is 71.4 Å². The molecule has 0 spiro atoms. The third-order valence-electron chi connectivity index (χ3n) is 9.84. The van der Waals surface area contributed by atoms with E-state index in [9.17, 15) is 29.4 Å². The van der Waals surface area contributed by atoms with Gasteiger partial charge in [0.05, 0.1) is 40.7 Å². The van der Waals surface area contributed by atoms with Crippen molar-refractivity contribution in [3.8, 4) is 5.75 Å². The summed E-state index contributed by atoms with van der Waals surface area (Å²) >= 11 is 1.24. The number of anilines is 2. The number of amides is 3. The van der Waals surface area contributed by atoms with Crippen molar-refractivity contribution < 1.29 is 38.9 Å². The summed E-state index contributed by atoms with van der Waals surface area (Å²) in [5, 5.41) is 31.4. The van der Waals surface area contributed by atoms with E-state index < -0.39 is 35.7 Å². The van der Waals surface area contributed by atoms with Gasteiger partial charge >= 0.3 is 5.97 Å². The molecule has 0 aromatic heterocycles. The zero-order valence-electron chi connectivity index (χ0n) is 29.5. The Morgan fingerprint density at radius 1 is 1.02 bits per heavy atom. The van der Waals surface area contributed by atoms with Crippen LogP contribution in [0.25, 0.3) is 0 Å². The van der Waals surface area contributed by atoms with Crippen molar-refractivity contribution in [2.24, 2.45) is 5.92 Å². The van der Waals surface area contributed by atoms with E-state index >= 15 is 0 Å². The lowest BCUT2D eigenvalue weighted by atomic mass is 9.90. The normalized spacial score (nSPS) is 28.5. The van der Waals surface area contributed by atoms with Crippen LogP contribution < -0.4 is 16.0 Å². The first-order valence-corrected chi connectivity index (χ1v) is 18.7. The molecule has 1 fully saturated rings. The van der Waals surface area contributed by atoms with Crippen molar-refractivity contribution in [1.29, 1.82) is 0 Å². The molecule has 4 atom stereocenters. The number of aryl methyl sites for hydroxylation is 1. The van der Waals surface area contributed by atoms with Crippen LogP contribution in [0, 0.1) is 5.92 Å². The maximum Gasteiger partial charge on any atom is 0.332 e. The number of aliphatic hydroxyl groups excluding tert-OH is 1. The molecule has 2 aliphatic heterocycles. The molecule has 2 bridgehead atoms. The van der Waals surface area contributed by atoms with E-state index in [1.165, 1.54) is 18.9 Å². The van der Waals surface area contributed by atoms with E-state index in [1.807, 2.05) is 38.2 Å². The summed E-state index contributed by atoms with van der Waals surface area (Å²) in [5.41, 5.74) is 1.61. The number of benzene rings is 1. The summed E-state index contributed by atoms with van der Waals surface area (Å²) in [6, 6.07) is 1.72. The lowest BCUT2D eigenvalue weighted by Gasteiger charge is -2.30. The summed E-state index contributed by atoms with van der Waals surface area (Å²) in [4.78, 5) is 52.5. The van der Waals surface area contributed by atoms with Crippen LogP contribution in [-0.2, 0) is 35.1 Å². The number of phenolic OH excluding ortho intramolecular Hbond substituents is 1. The Bertz CT molecular complexity index is 1660. The van der Waals surface area contributed by atoms with Gasteiger partial charge in [0.2, 0.25) is 17.7 Å². The molecule has 2 heterocycles. The Labute approximate surface area is 303 Å². The summed E-state index contributed by atoms with van der Waals surface area (Å²) in [6.45, 7) is 3.64. The minimum atomic E-state index is -1.05. The van der Waals surface area contributed by atoms with E-state index in [4.69, 9.17) is 9.47 Å². The van der Waals surface area contributed by atoms with Gasteiger partial charge in [0.25, 0.3) is 0 Å². The number of nitrogens with one attached hydrogen (secondary N) is 3. The number of esters is 1. The van der Waals surface area contributed by atoms with Gasteiger partial charge in [0, 0.05) is 25.0 Å². The predicted octanol–water partition coefficient (Wildman–Crippen LogP) is 5.79. The molecule has 11 nitrogen and oxygen atoms in total. The highest BCUT2D eigenvalue weighted by atomic mass is 32.2. The first-order valence-electron chi connectivity index (χ1n) is 17.7. The van der Waals surface area contributed by atoms with Gasteiger partial charge in [-0.05, 0) is 75.5 Å². The van der Waals surface area contributed by atoms with Crippen LogP contribution >= 0.6 is 11.8 Å². The molecule has 1 saturated carbocycles. The van der Waals surface area contributed by atoms with Crippen molar-refractivity contribution in [1.82, 2.24) is 5.32 Å². The topological polar surface area (TPSA) is 163 Å². The second kappa shape index (κ2) is 17.4. The highest BCUT2D eigenvalue weighted by molar-refractivity contribution is 8.00. The first-order chi connectivity index (χ1) is 24.5. The SMILES string of the molecule is CO[C@H]1/C=C/C=C/C=C/C[C@H](OC(=O)C2(NC(=O)C3=CCCCC3)CC2)[C@H](C)[C@@H](O)/C(C)=C\CCc2cc3c(c(c2O)NC(=O)C1)SCC(=O)N3. The molecular weight excluding hydrogens is 671 g/mol. The predicted molar refractivity (Wildman–Crippen MR) is 197 cm³/mol. The number of methoxy groups -OCH3 is 1. The Morgan fingerprint density at radius 3 is 2.53 bits per heavy atom. The molecule has 1 aromatic rings. The fourth-order valence-corrected chi connectivity index (χ4v) is 7.36. The molecule has 0 saturated heterocycles. The fourth-order valence-electron chi connectivity index (χ4n) is 6.46. The quantitative estimate of drug-likeness (QED) is 0.110. The minimum Gasteiger partial charge on any atom is -0.505 e. The maximum atomic E-state index is 13.6. The van der Waals surface area contributed by atoms with Crippen molar-refractivity contribution >= 4 is 46.8 Å². The molecule has 4 aliphatic rings. The van der Waals surface area contributed by atoms with Gasteiger partial charge in [-0.2, -0.15) is 0 Å². The van der Waals surface area contributed by atoms with Crippen molar-refractivity contribution in [2.45, 2.75) is 107 Å². The summed E-state index contributed by atoms with van der Waals surface area (Å²) in [5.74, 6) is -1.66. The average molecular weight is 720 g/mol. The Kier molecular flexibility index (Phi) is 13.0. The molecule has 0 radical (unpaired) electrons. The number of ether oxygens (including phenoxy) is 2. The van der Waals surface area contributed by atoms with Crippen molar-refractivity contribution in [3.63, 3.8) is 0 Å². The highest BCUT2D eigenvalue weighted by Crippen LogP contribution is 2.45. The Balaban J connectivity index is 1.38. The Morgan fingerprint density at radius 2 is 1.80 bits per heavy atom. The van der Waals surface area contributed by atoms with E-state index in [0.717, 1.165) is 24.8 Å². The van der Waals surface area contributed by atoms with E-state index in [1.54, 1.807) is 30.4 Å². The van der Waals surface area contributed by atoms with Crippen LogP contribution in [0.1, 0.15) is 77.2 Å².